The van der Waals surface area contributed by atoms with Gasteiger partial charge in [0.15, 0.2) is 6.61 Å². The lowest BCUT2D eigenvalue weighted by atomic mass is 9.87. The fourth-order valence-electron chi connectivity index (χ4n) is 2.55. The standard InChI is InChI=1S/C21H23N3O2/c1-21(2,3)16-7-9-17(10-8-16)23-20(25)14-26-19-6-4-5-18(13-19)24-12-11-22-15-24/h4-13,15H,14H2,1-3H3,(H,23,25). The van der Waals surface area contributed by atoms with Gasteiger partial charge in [0.2, 0.25) is 0 Å². The first-order valence-corrected chi connectivity index (χ1v) is 8.53. The number of carbonyl (C=O) groups is 1. The predicted octanol–water partition coefficient (Wildman–Crippen LogP) is 4.19. The lowest BCUT2D eigenvalue weighted by Crippen LogP contribution is -2.20. The van der Waals surface area contributed by atoms with Crippen molar-refractivity contribution in [3.8, 4) is 11.4 Å². The van der Waals surface area contributed by atoms with Crippen molar-refractivity contribution in [2.45, 2.75) is 26.2 Å². The van der Waals surface area contributed by atoms with Gasteiger partial charge >= 0.3 is 0 Å². The van der Waals surface area contributed by atoms with Crippen molar-refractivity contribution in [1.29, 1.82) is 0 Å². The largest absolute Gasteiger partial charge is 0.484 e. The van der Waals surface area contributed by atoms with Crippen molar-refractivity contribution < 1.29 is 9.53 Å². The van der Waals surface area contributed by atoms with Gasteiger partial charge in [0.1, 0.15) is 5.75 Å². The second kappa shape index (κ2) is 7.44. The van der Waals surface area contributed by atoms with Gasteiger partial charge in [-0.25, -0.2) is 4.98 Å². The average molecular weight is 349 g/mol. The number of aromatic nitrogens is 2. The molecule has 26 heavy (non-hydrogen) atoms. The normalized spacial score (nSPS) is 11.2. The zero-order valence-electron chi connectivity index (χ0n) is 15.3. The van der Waals surface area contributed by atoms with Crippen LogP contribution in [0.25, 0.3) is 5.69 Å². The first-order chi connectivity index (χ1) is 12.4. The lowest BCUT2D eigenvalue weighted by molar-refractivity contribution is -0.118. The van der Waals surface area contributed by atoms with Crippen LogP contribution in [0.4, 0.5) is 5.69 Å². The number of hydrogen-bond acceptors (Lipinski definition) is 3. The minimum absolute atomic E-state index is 0.0472. The van der Waals surface area contributed by atoms with Crippen LogP contribution in [0.3, 0.4) is 0 Å². The summed E-state index contributed by atoms with van der Waals surface area (Å²) in [5.41, 5.74) is 3.01. The molecule has 134 valence electrons. The quantitative estimate of drug-likeness (QED) is 0.751. The Bertz CT molecular complexity index is 863. The molecule has 0 radical (unpaired) electrons. The second-order valence-corrected chi connectivity index (χ2v) is 7.13. The number of nitrogens with zero attached hydrogens (tertiary/aromatic N) is 2. The highest BCUT2D eigenvalue weighted by Gasteiger charge is 2.13. The number of hydrogen-bond donors (Lipinski definition) is 1. The Labute approximate surface area is 153 Å². The summed E-state index contributed by atoms with van der Waals surface area (Å²) in [4.78, 5) is 16.2. The summed E-state index contributed by atoms with van der Waals surface area (Å²) in [5.74, 6) is 0.441. The van der Waals surface area contributed by atoms with Crippen LogP contribution in [-0.2, 0) is 10.2 Å². The van der Waals surface area contributed by atoms with Gasteiger partial charge in [-0.2, -0.15) is 0 Å². The van der Waals surface area contributed by atoms with E-state index in [-0.39, 0.29) is 17.9 Å². The summed E-state index contributed by atoms with van der Waals surface area (Å²) in [5, 5.41) is 2.85. The first kappa shape index (κ1) is 17.7. The fourth-order valence-corrected chi connectivity index (χ4v) is 2.55. The van der Waals surface area contributed by atoms with E-state index in [1.165, 1.54) is 5.56 Å². The van der Waals surface area contributed by atoms with E-state index in [0.29, 0.717) is 5.75 Å². The maximum atomic E-state index is 12.1. The summed E-state index contributed by atoms with van der Waals surface area (Å²) in [6.07, 6.45) is 5.28. The SMILES string of the molecule is CC(C)(C)c1ccc(NC(=O)COc2cccc(-n3ccnc3)c2)cc1. The van der Waals surface area contributed by atoms with Gasteiger partial charge < -0.3 is 14.6 Å². The molecular weight excluding hydrogens is 326 g/mol. The summed E-state index contributed by atoms with van der Waals surface area (Å²) in [6.45, 7) is 6.43. The molecule has 0 saturated heterocycles. The third-order valence-electron chi connectivity index (χ3n) is 4.02. The van der Waals surface area contributed by atoms with Crippen LogP contribution in [-0.4, -0.2) is 22.1 Å². The van der Waals surface area contributed by atoms with Gasteiger partial charge in [0.05, 0.1) is 12.0 Å². The van der Waals surface area contributed by atoms with Crippen LogP contribution >= 0.6 is 0 Å². The van der Waals surface area contributed by atoms with Gasteiger partial charge in [-0.15, -0.1) is 0 Å². The highest BCUT2D eigenvalue weighted by molar-refractivity contribution is 5.91. The third-order valence-corrected chi connectivity index (χ3v) is 4.02. The number of ether oxygens (including phenoxy) is 1. The van der Waals surface area contributed by atoms with E-state index in [4.69, 9.17) is 4.74 Å². The van der Waals surface area contributed by atoms with Crippen LogP contribution in [0.1, 0.15) is 26.3 Å². The fraction of sp³-hybridized carbons (Fsp3) is 0.238. The van der Waals surface area contributed by atoms with Crippen molar-refractivity contribution in [3.63, 3.8) is 0 Å². The number of benzene rings is 2. The second-order valence-electron chi connectivity index (χ2n) is 7.13. The Morgan fingerprint density at radius 3 is 2.58 bits per heavy atom. The highest BCUT2D eigenvalue weighted by atomic mass is 16.5. The molecule has 0 saturated carbocycles. The molecule has 0 aliphatic carbocycles. The van der Waals surface area contributed by atoms with E-state index in [1.54, 1.807) is 12.5 Å². The molecule has 0 aliphatic heterocycles. The van der Waals surface area contributed by atoms with Crippen molar-refractivity contribution in [3.05, 3.63) is 72.8 Å². The van der Waals surface area contributed by atoms with Crippen LogP contribution in [0, 0.1) is 0 Å². The number of nitrogens with one attached hydrogen (secondary N) is 1. The minimum atomic E-state index is -0.193. The molecular formula is C21H23N3O2. The molecule has 0 fully saturated rings. The molecule has 1 aromatic heterocycles. The number of anilines is 1. The maximum absolute atomic E-state index is 12.1. The van der Waals surface area contributed by atoms with Crippen molar-refractivity contribution >= 4 is 11.6 Å². The summed E-state index contributed by atoms with van der Waals surface area (Å²) in [7, 11) is 0. The molecule has 3 rings (SSSR count). The van der Waals surface area contributed by atoms with Gasteiger partial charge in [-0.3, -0.25) is 4.79 Å². The molecule has 0 atom stereocenters. The molecule has 1 amide bonds. The van der Waals surface area contributed by atoms with Gasteiger partial charge in [-0.05, 0) is 35.2 Å². The molecule has 0 bridgehead atoms. The van der Waals surface area contributed by atoms with Gasteiger partial charge in [0, 0.05) is 24.1 Å². The number of amides is 1. The summed E-state index contributed by atoms with van der Waals surface area (Å²) >= 11 is 0. The van der Waals surface area contributed by atoms with Gasteiger partial charge in [0.25, 0.3) is 5.91 Å². The number of imidazole rings is 1. The van der Waals surface area contributed by atoms with Crippen LogP contribution in [0.2, 0.25) is 0 Å². The molecule has 2 aromatic carbocycles. The molecule has 1 heterocycles. The maximum Gasteiger partial charge on any atom is 0.262 e. The molecule has 0 spiro atoms. The Morgan fingerprint density at radius 1 is 1.15 bits per heavy atom. The van der Waals surface area contributed by atoms with Crippen LogP contribution < -0.4 is 10.1 Å². The molecule has 3 aromatic rings. The first-order valence-electron chi connectivity index (χ1n) is 8.53. The van der Waals surface area contributed by atoms with Crippen LogP contribution in [0.15, 0.2) is 67.3 Å². The molecule has 0 aliphatic rings. The zero-order chi connectivity index (χ0) is 18.6. The molecule has 5 nitrogen and oxygen atoms in total. The molecule has 5 heteroatoms. The van der Waals surface area contributed by atoms with E-state index in [0.717, 1.165) is 11.4 Å². The number of rotatable bonds is 5. The van der Waals surface area contributed by atoms with Crippen molar-refractivity contribution in [2.75, 3.05) is 11.9 Å². The monoisotopic (exact) mass is 349 g/mol. The smallest absolute Gasteiger partial charge is 0.262 e. The zero-order valence-corrected chi connectivity index (χ0v) is 15.3. The van der Waals surface area contributed by atoms with Crippen molar-refractivity contribution in [2.24, 2.45) is 0 Å². The summed E-state index contributed by atoms with van der Waals surface area (Å²) in [6, 6.07) is 15.4. The lowest BCUT2D eigenvalue weighted by Gasteiger charge is -2.19. The van der Waals surface area contributed by atoms with E-state index >= 15 is 0 Å². The van der Waals surface area contributed by atoms with E-state index in [2.05, 4.69) is 31.1 Å². The number of carbonyl (C=O) groups excluding carboxylic acids is 1. The van der Waals surface area contributed by atoms with E-state index in [1.807, 2.05) is 59.3 Å². The predicted molar refractivity (Wildman–Crippen MR) is 103 cm³/mol. The Kier molecular flexibility index (Phi) is 5.07. The average Bonchev–Trinajstić information content (AvgIpc) is 3.15. The van der Waals surface area contributed by atoms with Crippen LogP contribution in [0.5, 0.6) is 5.75 Å². The van der Waals surface area contributed by atoms with Gasteiger partial charge in [-0.1, -0.05) is 39.0 Å². The topological polar surface area (TPSA) is 56.1 Å². The Morgan fingerprint density at radius 2 is 1.92 bits per heavy atom. The summed E-state index contributed by atoms with van der Waals surface area (Å²) < 4.78 is 7.49. The Balaban J connectivity index is 1.57. The van der Waals surface area contributed by atoms with Crippen molar-refractivity contribution in [1.82, 2.24) is 9.55 Å². The third kappa shape index (κ3) is 4.51. The molecule has 0 unspecified atom stereocenters. The van der Waals surface area contributed by atoms with E-state index in [9.17, 15) is 4.79 Å². The molecule has 1 N–H and O–H groups in total. The highest BCUT2D eigenvalue weighted by Crippen LogP contribution is 2.23. The van der Waals surface area contributed by atoms with E-state index < -0.39 is 0 Å². The minimum Gasteiger partial charge on any atom is -0.484 e. The Hall–Kier alpha value is -3.08.